The van der Waals surface area contributed by atoms with Crippen molar-refractivity contribution in [2.75, 3.05) is 38.2 Å². The van der Waals surface area contributed by atoms with Crippen LogP contribution in [0.5, 0.6) is 11.5 Å². The van der Waals surface area contributed by atoms with E-state index in [0.29, 0.717) is 41.3 Å². The quantitative estimate of drug-likeness (QED) is 0.929. The van der Waals surface area contributed by atoms with Crippen LogP contribution in [0.15, 0.2) is 12.1 Å². The molecule has 0 radical (unpaired) electrons. The van der Waals surface area contributed by atoms with Crippen molar-refractivity contribution in [3.63, 3.8) is 0 Å². The van der Waals surface area contributed by atoms with Gasteiger partial charge in [-0.1, -0.05) is 18.5 Å². The molecule has 5 nitrogen and oxygen atoms in total. The van der Waals surface area contributed by atoms with E-state index in [1.807, 2.05) is 4.90 Å². The summed E-state index contributed by atoms with van der Waals surface area (Å²) in [6.07, 6.45) is 2.28. The lowest BCUT2D eigenvalue weighted by molar-refractivity contribution is -0.130. The van der Waals surface area contributed by atoms with E-state index in [9.17, 15) is 4.79 Å². The number of benzene rings is 1. The smallest absolute Gasteiger partial charge is 0.241 e. The second kappa shape index (κ2) is 6.65. The summed E-state index contributed by atoms with van der Waals surface area (Å²) in [6.45, 7) is 5.17. The molecule has 2 aliphatic heterocycles. The van der Waals surface area contributed by atoms with Crippen molar-refractivity contribution >= 4 is 23.2 Å². The highest BCUT2D eigenvalue weighted by Gasteiger charge is 2.21. The SMILES string of the molecule is CC1CCCN(C(=O)CNc2cc3c(cc2Cl)OCCO3)C1. The third kappa shape index (κ3) is 3.40. The Kier molecular flexibility index (Phi) is 4.62. The molecule has 1 N–H and O–H groups in total. The molecule has 1 aromatic rings. The van der Waals surface area contributed by atoms with Crippen molar-refractivity contribution < 1.29 is 14.3 Å². The van der Waals surface area contributed by atoms with Crippen LogP contribution >= 0.6 is 11.6 Å². The molecule has 1 atom stereocenters. The molecule has 0 bridgehead atoms. The van der Waals surface area contributed by atoms with E-state index in [1.165, 1.54) is 6.42 Å². The number of carbonyl (C=O) groups excluding carboxylic acids is 1. The van der Waals surface area contributed by atoms with Crippen molar-refractivity contribution in [1.82, 2.24) is 4.90 Å². The van der Waals surface area contributed by atoms with Gasteiger partial charge in [-0.3, -0.25) is 4.79 Å². The molecule has 1 saturated heterocycles. The fourth-order valence-electron chi connectivity index (χ4n) is 2.90. The molecule has 0 aromatic heterocycles. The fourth-order valence-corrected chi connectivity index (χ4v) is 3.12. The van der Waals surface area contributed by atoms with Gasteiger partial charge in [-0.25, -0.2) is 0 Å². The van der Waals surface area contributed by atoms with Crippen LogP contribution in [0.1, 0.15) is 19.8 Å². The number of nitrogens with one attached hydrogen (secondary N) is 1. The van der Waals surface area contributed by atoms with Crippen LogP contribution in [-0.2, 0) is 4.79 Å². The third-order valence-corrected chi connectivity index (χ3v) is 4.38. The Balaban J connectivity index is 1.62. The molecule has 6 heteroatoms. The molecule has 0 saturated carbocycles. The first-order valence-electron chi connectivity index (χ1n) is 7.74. The molecule has 1 fully saturated rings. The zero-order valence-electron chi connectivity index (χ0n) is 12.7. The zero-order chi connectivity index (χ0) is 15.5. The molecule has 2 heterocycles. The van der Waals surface area contributed by atoms with Crippen LogP contribution in [0.25, 0.3) is 0 Å². The minimum absolute atomic E-state index is 0.109. The maximum atomic E-state index is 12.3. The molecule has 1 aromatic carbocycles. The summed E-state index contributed by atoms with van der Waals surface area (Å²) in [6, 6.07) is 3.52. The van der Waals surface area contributed by atoms with Crippen LogP contribution in [0.3, 0.4) is 0 Å². The molecule has 22 heavy (non-hydrogen) atoms. The fraction of sp³-hybridized carbons (Fsp3) is 0.562. The largest absolute Gasteiger partial charge is 0.486 e. The topological polar surface area (TPSA) is 50.8 Å². The number of halogens is 1. The molecule has 120 valence electrons. The Labute approximate surface area is 135 Å². The summed E-state index contributed by atoms with van der Waals surface area (Å²) in [5, 5.41) is 3.65. The van der Waals surface area contributed by atoms with E-state index in [1.54, 1.807) is 12.1 Å². The minimum atomic E-state index is 0.109. The number of nitrogens with zero attached hydrogens (tertiary/aromatic N) is 1. The van der Waals surface area contributed by atoms with Gasteiger partial charge in [-0.05, 0) is 18.8 Å². The number of piperidine rings is 1. The van der Waals surface area contributed by atoms with Crippen molar-refractivity contribution in [2.45, 2.75) is 19.8 Å². The van der Waals surface area contributed by atoms with Gasteiger partial charge >= 0.3 is 0 Å². The van der Waals surface area contributed by atoms with Crippen molar-refractivity contribution in [3.8, 4) is 11.5 Å². The average Bonchev–Trinajstić information content (AvgIpc) is 2.52. The molecule has 3 rings (SSSR count). The lowest BCUT2D eigenvalue weighted by Crippen LogP contribution is -2.41. The van der Waals surface area contributed by atoms with Crippen LogP contribution < -0.4 is 14.8 Å². The van der Waals surface area contributed by atoms with Crippen LogP contribution in [0.2, 0.25) is 5.02 Å². The number of likely N-dealkylation sites (tertiary alicyclic amines) is 1. The molecular formula is C16H21ClN2O3. The molecule has 1 unspecified atom stereocenters. The van der Waals surface area contributed by atoms with Crippen LogP contribution in [-0.4, -0.2) is 43.7 Å². The number of ether oxygens (including phenoxy) is 2. The maximum Gasteiger partial charge on any atom is 0.241 e. The van der Waals surface area contributed by atoms with Crippen LogP contribution in [0.4, 0.5) is 5.69 Å². The molecule has 2 aliphatic rings. The molecule has 0 spiro atoms. The normalized spacial score (nSPS) is 20.6. The van der Waals surface area contributed by atoms with E-state index >= 15 is 0 Å². The second-order valence-corrected chi connectivity index (χ2v) is 6.32. The van der Waals surface area contributed by atoms with Gasteiger partial charge in [0.05, 0.1) is 17.3 Å². The lowest BCUT2D eigenvalue weighted by atomic mass is 10.0. The number of hydrogen-bond acceptors (Lipinski definition) is 4. The summed E-state index contributed by atoms with van der Waals surface area (Å²) >= 11 is 6.23. The number of amides is 1. The number of anilines is 1. The zero-order valence-corrected chi connectivity index (χ0v) is 13.5. The minimum Gasteiger partial charge on any atom is -0.486 e. The number of rotatable bonds is 3. The summed E-state index contributed by atoms with van der Waals surface area (Å²) in [5.74, 6) is 2.00. The first-order valence-corrected chi connectivity index (χ1v) is 8.12. The van der Waals surface area contributed by atoms with E-state index in [0.717, 1.165) is 19.5 Å². The summed E-state index contributed by atoms with van der Waals surface area (Å²) in [7, 11) is 0. The van der Waals surface area contributed by atoms with Gasteiger partial charge in [0.2, 0.25) is 5.91 Å². The van der Waals surface area contributed by atoms with Gasteiger partial charge in [0.1, 0.15) is 13.2 Å². The third-order valence-electron chi connectivity index (χ3n) is 4.07. The summed E-state index contributed by atoms with van der Waals surface area (Å²) in [4.78, 5) is 14.2. The Morgan fingerprint density at radius 1 is 1.36 bits per heavy atom. The highest BCUT2D eigenvalue weighted by atomic mass is 35.5. The van der Waals surface area contributed by atoms with Gasteiger partial charge in [0, 0.05) is 25.2 Å². The molecule has 1 amide bonds. The van der Waals surface area contributed by atoms with Gasteiger partial charge in [-0.2, -0.15) is 0 Å². The van der Waals surface area contributed by atoms with E-state index < -0.39 is 0 Å². The monoisotopic (exact) mass is 324 g/mol. The van der Waals surface area contributed by atoms with E-state index in [4.69, 9.17) is 21.1 Å². The summed E-state index contributed by atoms with van der Waals surface area (Å²) < 4.78 is 11.0. The van der Waals surface area contributed by atoms with Gasteiger partial charge in [-0.15, -0.1) is 0 Å². The predicted molar refractivity (Wildman–Crippen MR) is 85.9 cm³/mol. The van der Waals surface area contributed by atoms with Crippen LogP contribution in [0, 0.1) is 5.92 Å². The first-order chi connectivity index (χ1) is 10.6. The Hall–Kier alpha value is -1.62. The van der Waals surface area contributed by atoms with E-state index in [-0.39, 0.29) is 12.5 Å². The average molecular weight is 325 g/mol. The van der Waals surface area contributed by atoms with Crippen molar-refractivity contribution in [1.29, 1.82) is 0 Å². The highest BCUT2D eigenvalue weighted by molar-refractivity contribution is 6.33. The Bertz CT molecular complexity index is 565. The second-order valence-electron chi connectivity index (χ2n) is 5.92. The van der Waals surface area contributed by atoms with Gasteiger partial charge < -0.3 is 19.7 Å². The van der Waals surface area contributed by atoms with Crippen molar-refractivity contribution in [2.24, 2.45) is 5.92 Å². The van der Waals surface area contributed by atoms with Gasteiger partial charge in [0.25, 0.3) is 0 Å². The van der Waals surface area contributed by atoms with E-state index in [2.05, 4.69) is 12.2 Å². The number of fused-ring (bicyclic) bond motifs is 1. The lowest BCUT2D eigenvalue weighted by Gasteiger charge is -2.31. The Morgan fingerprint density at radius 3 is 2.82 bits per heavy atom. The van der Waals surface area contributed by atoms with Gasteiger partial charge in [0.15, 0.2) is 11.5 Å². The standard InChI is InChI=1S/C16H21ClN2O3/c1-11-3-2-4-19(10-11)16(20)9-18-13-8-15-14(7-12(13)17)21-5-6-22-15/h7-8,11,18H,2-6,9-10H2,1H3. The Morgan fingerprint density at radius 2 is 2.09 bits per heavy atom. The van der Waals surface area contributed by atoms with Crippen molar-refractivity contribution in [3.05, 3.63) is 17.2 Å². The highest BCUT2D eigenvalue weighted by Crippen LogP contribution is 2.37. The first kappa shape index (κ1) is 15.3. The summed E-state index contributed by atoms with van der Waals surface area (Å²) in [5.41, 5.74) is 0.698. The maximum absolute atomic E-state index is 12.3. The molecule has 0 aliphatic carbocycles. The number of carbonyl (C=O) groups is 1. The number of hydrogen-bond donors (Lipinski definition) is 1. The molecular weight excluding hydrogens is 304 g/mol. The predicted octanol–water partition coefficient (Wildman–Crippen LogP) is 2.78.